The van der Waals surface area contributed by atoms with Gasteiger partial charge < -0.3 is 4.90 Å². The Labute approximate surface area is 147 Å². The topological polar surface area (TPSA) is 33.2 Å². The van der Waals surface area contributed by atoms with E-state index in [1.165, 1.54) is 12.1 Å². The number of likely N-dealkylation sites (N-methyl/N-ethyl adjacent to an activating group) is 1. The summed E-state index contributed by atoms with van der Waals surface area (Å²) >= 11 is 0. The molecule has 0 saturated carbocycles. The number of halogens is 1. The highest BCUT2D eigenvalue weighted by atomic mass is 19.1. The second kappa shape index (κ2) is 6.68. The predicted molar refractivity (Wildman–Crippen MR) is 95.4 cm³/mol. The van der Waals surface area contributed by atoms with Crippen LogP contribution in [0.1, 0.15) is 49.4 Å². The highest BCUT2D eigenvalue weighted by Gasteiger charge is 2.39. The zero-order chi connectivity index (χ0) is 18.0. The van der Waals surface area contributed by atoms with Gasteiger partial charge in [-0.25, -0.2) is 4.39 Å². The van der Waals surface area contributed by atoms with Gasteiger partial charge in [-0.05, 0) is 57.0 Å². The van der Waals surface area contributed by atoms with Gasteiger partial charge in [0.2, 0.25) is 5.91 Å². The molecule has 2 aromatic rings. The lowest BCUT2D eigenvalue weighted by Crippen LogP contribution is -2.51. The van der Waals surface area contributed by atoms with Crippen LogP contribution in [0.2, 0.25) is 0 Å². The quantitative estimate of drug-likeness (QED) is 0.744. The van der Waals surface area contributed by atoms with E-state index in [2.05, 4.69) is 30.7 Å². The highest BCUT2D eigenvalue weighted by Crippen LogP contribution is 2.35. The lowest BCUT2D eigenvalue weighted by atomic mass is 9.82. The second-order valence-corrected chi connectivity index (χ2v) is 7.00. The van der Waals surface area contributed by atoms with Crippen molar-refractivity contribution in [2.45, 2.75) is 38.1 Å². The molecule has 0 radical (unpaired) electrons. The Morgan fingerprint density at radius 2 is 2.04 bits per heavy atom. The SMILES string of the molecule is CN1C(=O)C(c2ncccc2C#Cc2cccc(F)c2)CCC1(C)C. The molecule has 4 heteroatoms. The first kappa shape index (κ1) is 17.2. The van der Waals surface area contributed by atoms with Crippen LogP contribution < -0.4 is 0 Å². The van der Waals surface area contributed by atoms with Gasteiger partial charge in [-0.1, -0.05) is 17.9 Å². The number of hydrogen-bond donors (Lipinski definition) is 0. The molecule has 1 fully saturated rings. The molecule has 0 bridgehead atoms. The molecular weight excluding hydrogens is 315 g/mol. The summed E-state index contributed by atoms with van der Waals surface area (Å²) in [4.78, 5) is 19.0. The number of amides is 1. The van der Waals surface area contributed by atoms with Crippen molar-refractivity contribution >= 4 is 5.91 Å². The predicted octanol–water partition coefficient (Wildman–Crippen LogP) is 3.73. The van der Waals surface area contributed by atoms with E-state index in [4.69, 9.17) is 0 Å². The number of pyridine rings is 1. The standard InChI is InChI=1S/C21H21FN2O/c1-21(2)12-11-18(20(25)24(21)3)19-16(7-5-13-23-19)10-9-15-6-4-8-17(22)14-15/h4-8,13-14,18H,11-12H2,1-3H3. The monoisotopic (exact) mass is 336 g/mol. The van der Waals surface area contributed by atoms with Crippen molar-refractivity contribution in [2.24, 2.45) is 0 Å². The molecule has 1 saturated heterocycles. The fraction of sp³-hybridized carbons (Fsp3) is 0.333. The number of hydrogen-bond acceptors (Lipinski definition) is 2. The maximum absolute atomic E-state index is 13.3. The molecule has 3 rings (SSSR count). The van der Waals surface area contributed by atoms with Crippen LogP contribution in [0.4, 0.5) is 4.39 Å². The minimum atomic E-state index is -0.315. The summed E-state index contributed by atoms with van der Waals surface area (Å²) in [7, 11) is 1.84. The second-order valence-electron chi connectivity index (χ2n) is 7.00. The third-order valence-corrected chi connectivity index (χ3v) is 4.92. The first-order valence-electron chi connectivity index (χ1n) is 8.39. The van der Waals surface area contributed by atoms with Gasteiger partial charge in [0.15, 0.2) is 0 Å². The number of nitrogens with zero attached hydrogens (tertiary/aromatic N) is 2. The molecule has 25 heavy (non-hydrogen) atoms. The van der Waals surface area contributed by atoms with E-state index in [1.807, 2.05) is 13.1 Å². The normalized spacial score (nSPS) is 19.3. The van der Waals surface area contributed by atoms with Crippen LogP contribution in [0, 0.1) is 17.7 Å². The van der Waals surface area contributed by atoms with Crippen LogP contribution in [-0.4, -0.2) is 28.4 Å². The number of carbonyl (C=O) groups excluding carboxylic acids is 1. The summed E-state index contributed by atoms with van der Waals surface area (Å²) < 4.78 is 13.3. The van der Waals surface area contributed by atoms with Crippen LogP contribution in [0.3, 0.4) is 0 Å². The van der Waals surface area contributed by atoms with Gasteiger partial charge >= 0.3 is 0 Å². The third-order valence-electron chi connectivity index (χ3n) is 4.92. The van der Waals surface area contributed by atoms with Gasteiger partial charge in [0.05, 0.1) is 11.6 Å². The van der Waals surface area contributed by atoms with E-state index < -0.39 is 0 Å². The maximum atomic E-state index is 13.3. The Balaban J connectivity index is 1.94. The average molecular weight is 336 g/mol. The Morgan fingerprint density at radius 1 is 1.24 bits per heavy atom. The molecule has 1 unspecified atom stereocenters. The third kappa shape index (κ3) is 3.56. The number of likely N-dealkylation sites (tertiary alicyclic amines) is 1. The van der Waals surface area contributed by atoms with Crippen molar-refractivity contribution in [1.29, 1.82) is 0 Å². The summed E-state index contributed by atoms with van der Waals surface area (Å²) in [6.45, 7) is 4.15. The summed E-state index contributed by atoms with van der Waals surface area (Å²) in [6.07, 6.45) is 3.35. The van der Waals surface area contributed by atoms with Crippen molar-refractivity contribution in [1.82, 2.24) is 9.88 Å². The molecule has 1 amide bonds. The molecule has 1 aliphatic heterocycles. The van der Waals surface area contributed by atoms with Crippen molar-refractivity contribution < 1.29 is 9.18 Å². The number of rotatable bonds is 1. The summed E-state index contributed by atoms with van der Waals surface area (Å²) in [5.41, 5.74) is 1.88. The number of carbonyl (C=O) groups is 1. The van der Waals surface area contributed by atoms with E-state index in [0.717, 1.165) is 18.4 Å². The number of piperidine rings is 1. The number of aromatic nitrogens is 1. The average Bonchev–Trinajstić information content (AvgIpc) is 2.59. The Kier molecular flexibility index (Phi) is 4.59. The lowest BCUT2D eigenvalue weighted by Gasteiger charge is -2.43. The van der Waals surface area contributed by atoms with Crippen LogP contribution in [0.25, 0.3) is 0 Å². The Morgan fingerprint density at radius 3 is 2.80 bits per heavy atom. The molecule has 2 heterocycles. The molecule has 0 spiro atoms. The van der Waals surface area contributed by atoms with Gasteiger partial charge in [-0.2, -0.15) is 0 Å². The van der Waals surface area contributed by atoms with Crippen molar-refractivity contribution in [3.63, 3.8) is 0 Å². The van der Waals surface area contributed by atoms with E-state index >= 15 is 0 Å². The molecule has 1 aliphatic rings. The van der Waals surface area contributed by atoms with Crippen LogP contribution >= 0.6 is 0 Å². The van der Waals surface area contributed by atoms with Gasteiger partial charge in [0.25, 0.3) is 0 Å². The summed E-state index contributed by atoms with van der Waals surface area (Å²) in [5.74, 6) is 5.51. The highest BCUT2D eigenvalue weighted by molar-refractivity contribution is 5.85. The van der Waals surface area contributed by atoms with E-state index in [1.54, 1.807) is 29.3 Å². The number of benzene rings is 1. The lowest BCUT2D eigenvalue weighted by molar-refractivity contribution is -0.140. The van der Waals surface area contributed by atoms with Gasteiger partial charge in [0, 0.05) is 29.9 Å². The summed E-state index contributed by atoms with van der Waals surface area (Å²) in [5, 5.41) is 0. The Hall–Kier alpha value is -2.67. The fourth-order valence-electron chi connectivity index (χ4n) is 3.08. The van der Waals surface area contributed by atoms with Crippen molar-refractivity contribution in [2.75, 3.05) is 7.05 Å². The largest absolute Gasteiger partial charge is 0.340 e. The first-order chi connectivity index (χ1) is 11.9. The molecule has 0 N–H and O–H groups in total. The molecule has 3 nitrogen and oxygen atoms in total. The zero-order valence-electron chi connectivity index (χ0n) is 14.7. The van der Waals surface area contributed by atoms with E-state index in [9.17, 15) is 9.18 Å². The minimum Gasteiger partial charge on any atom is -0.340 e. The van der Waals surface area contributed by atoms with Gasteiger partial charge in [-0.3, -0.25) is 9.78 Å². The van der Waals surface area contributed by atoms with Gasteiger partial charge in [0.1, 0.15) is 5.82 Å². The molecule has 128 valence electrons. The van der Waals surface area contributed by atoms with Crippen LogP contribution in [-0.2, 0) is 4.79 Å². The van der Waals surface area contributed by atoms with E-state index in [-0.39, 0.29) is 23.2 Å². The smallest absolute Gasteiger partial charge is 0.231 e. The van der Waals surface area contributed by atoms with Crippen molar-refractivity contribution in [3.05, 3.63) is 65.2 Å². The van der Waals surface area contributed by atoms with E-state index in [0.29, 0.717) is 11.3 Å². The summed E-state index contributed by atoms with van der Waals surface area (Å²) in [6, 6.07) is 9.84. The minimum absolute atomic E-state index is 0.0729. The fourth-order valence-corrected chi connectivity index (χ4v) is 3.08. The molecule has 1 atom stereocenters. The molecule has 0 aliphatic carbocycles. The maximum Gasteiger partial charge on any atom is 0.231 e. The molecule has 1 aromatic heterocycles. The Bertz CT molecular complexity index is 863. The van der Waals surface area contributed by atoms with Crippen LogP contribution in [0.15, 0.2) is 42.6 Å². The van der Waals surface area contributed by atoms with Crippen molar-refractivity contribution in [3.8, 4) is 11.8 Å². The van der Waals surface area contributed by atoms with Crippen LogP contribution in [0.5, 0.6) is 0 Å². The molecular formula is C21H21FN2O. The molecule has 1 aromatic carbocycles. The first-order valence-corrected chi connectivity index (χ1v) is 8.39. The zero-order valence-corrected chi connectivity index (χ0v) is 14.7. The van der Waals surface area contributed by atoms with Gasteiger partial charge in [-0.15, -0.1) is 0 Å².